The Labute approximate surface area is 166 Å². The molecule has 0 aliphatic heterocycles. The molecule has 158 valence electrons. The van der Waals surface area contributed by atoms with Crippen molar-refractivity contribution in [3.63, 3.8) is 0 Å². The van der Waals surface area contributed by atoms with Gasteiger partial charge in [0.15, 0.2) is 6.10 Å². The van der Waals surface area contributed by atoms with Crippen molar-refractivity contribution in [2.45, 2.75) is 39.7 Å². The highest BCUT2D eigenvalue weighted by molar-refractivity contribution is 7.86. The summed E-state index contributed by atoms with van der Waals surface area (Å²) in [4.78, 5) is 22.8. The molecule has 0 radical (unpaired) electrons. The molecule has 1 rings (SSSR count). The van der Waals surface area contributed by atoms with Crippen LogP contribution < -0.4 is 5.32 Å². The molecular weight excluding hydrogens is 386 g/mol. The van der Waals surface area contributed by atoms with Crippen molar-refractivity contribution in [3.8, 4) is 0 Å². The van der Waals surface area contributed by atoms with Crippen molar-refractivity contribution < 1.29 is 32.0 Å². The number of carbonyl (C=O) groups is 2. The quantitative estimate of drug-likeness (QED) is 0.297. The molecule has 0 heterocycles. The molecule has 1 atom stereocenters. The van der Waals surface area contributed by atoms with E-state index in [2.05, 4.69) is 5.32 Å². The minimum absolute atomic E-state index is 0.109. The molecule has 0 spiro atoms. The number of amides is 1. The van der Waals surface area contributed by atoms with E-state index in [0.717, 1.165) is 5.56 Å². The molecule has 1 aromatic carbocycles. The third-order valence-corrected chi connectivity index (χ3v) is 5.26. The third-order valence-electron chi connectivity index (χ3n) is 4.00. The molecule has 0 saturated heterocycles. The number of carbonyl (C=O) groups excluding carboxylic acids is 2. The largest absolute Gasteiger partial charge is 0.463 e. The van der Waals surface area contributed by atoms with Crippen LogP contribution in [0.25, 0.3) is 0 Å². The van der Waals surface area contributed by atoms with Crippen molar-refractivity contribution in [3.05, 3.63) is 35.9 Å². The third kappa shape index (κ3) is 9.29. The van der Waals surface area contributed by atoms with Crippen LogP contribution in [0.3, 0.4) is 0 Å². The molecule has 1 aromatic rings. The predicted molar refractivity (Wildman–Crippen MR) is 104 cm³/mol. The number of aliphatic hydroxyl groups is 1. The Morgan fingerprint density at radius 2 is 1.86 bits per heavy atom. The van der Waals surface area contributed by atoms with E-state index in [4.69, 9.17) is 8.92 Å². The van der Waals surface area contributed by atoms with Crippen molar-refractivity contribution >= 4 is 22.0 Å². The van der Waals surface area contributed by atoms with Crippen LogP contribution >= 0.6 is 0 Å². The number of ether oxygens (including phenoxy) is 1. The molecule has 0 aromatic heterocycles. The minimum Gasteiger partial charge on any atom is -0.463 e. The second kappa shape index (κ2) is 11.1. The van der Waals surface area contributed by atoms with Crippen LogP contribution in [0, 0.1) is 5.41 Å². The van der Waals surface area contributed by atoms with E-state index in [0.29, 0.717) is 6.42 Å². The van der Waals surface area contributed by atoms with Gasteiger partial charge in [-0.2, -0.15) is 8.42 Å². The highest BCUT2D eigenvalue weighted by Crippen LogP contribution is 2.23. The number of hydrogen-bond donors (Lipinski definition) is 2. The Balaban J connectivity index is 2.42. The first-order valence-electron chi connectivity index (χ1n) is 9.04. The molecule has 0 unspecified atom stereocenters. The number of benzene rings is 1. The van der Waals surface area contributed by atoms with E-state index in [1.807, 2.05) is 30.3 Å². The summed E-state index contributed by atoms with van der Waals surface area (Å²) in [5, 5.41) is 12.7. The minimum atomic E-state index is -3.84. The smallest absolute Gasteiger partial charge is 0.335 e. The van der Waals surface area contributed by atoms with Gasteiger partial charge in [-0.25, -0.2) is 4.79 Å². The van der Waals surface area contributed by atoms with Crippen molar-refractivity contribution in [2.24, 2.45) is 5.41 Å². The number of hydrogen-bond acceptors (Lipinski definition) is 7. The number of rotatable bonds is 12. The standard InChI is InChI=1S/C19H29NO7S/c1-15(21)20-11-7-13-28(24,25)27-14-19(2,3)17(22)18(23)26-12-10-16-8-5-4-6-9-16/h4-6,8-9,17,22H,7,10-14H2,1-3H3,(H,20,21)/t17-/m0/s1. The van der Waals surface area contributed by atoms with Gasteiger partial charge in [0.1, 0.15) is 0 Å². The van der Waals surface area contributed by atoms with Crippen LogP contribution in [0.4, 0.5) is 0 Å². The first kappa shape index (κ1) is 24.1. The molecule has 9 heteroatoms. The van der Waals surface area contributed by atoms with Crippen LogP contribution in [-0.2, 0) is 35.0 Å². The highest BCUT2D eigenvalue weighted by atomic mass is 32.2. The lowest BCUT2D eigenvalue weighted by molar-refractivity contribution is -0.161. The molecule has 0 aliphatic rings. The van der Waals surface area contributed by atoms with Gasteiger partial charge in [-0.1, -0.05) is 44.2 Å². The van der Waals surface area contributed by atoms with Gasteiger partial charge in [-0.15, -0.1) is 0 Å². The van der Waals surface area contributed by atoms with E-state index in [1.54, 1.807) is 0 Å². The van der Waals surface area contributed by atoms with E-state index in [9.17, 15) is 23.1 Å². The van der Waals surface area contributed by atoms with Gasteiger partial charge in [-0.05, 0) is 12.0 Å². The molecule has 2 N–H and O–H groups in total. The fraction of sp³-hybridized carbons (Fsp3) is 0.579. The highest BCUT2D eigenvalue weighted by Gasteiger charge is 2.36. The molecule has 0 saturated carbocycles. The summed E-state index contributed by atoms with van der Waals surface area (Å²) in [6.45, 7) is 4.33. The number of esters is 1. The maximum Gasteiger partial charge on any atom is 0.335 e. The first-order chi connectivity index (χ1) is 13.0. The molecule has 8 nitrogen and oxygen atoms in total. The summed E-state index contributed by atoms with van der Waals surface area (Å²) in [6.07, 6.45) is -0.816. The average molecular weight is 416 g/mol. The Morgan fingerprint density at radius 3 is 2.46 bits per heavy atom. The lowest BCUT2D eigenvalue weighted by Gasteiger charge is -2.28. The van der Waals surface area contributed by atoms with Gasteiger partial charge in [0.05, 0.1) is 19.0 Å². The molecule has 28 heavy (non-hydrogen) atoms. The zero-order chi connectivity index (χ0) is 21.2. The van der Waals surface area contributed by atoms with Gasteiger partial charge < -0.3 is 15.2 Å². The van der Waals surface area contributed by atoms with E-state index >= 15 is 0 Å². The summed E-state index contributed by atoms with van der Waals surface area (Å²) in [5.41, 5.74) is -0.160. The summed E-state index contributed by atoms with van der Waals surface area (Å²) >= 11 is 0. The Kier molecular flexibility index (Phi) is 9.57. The van der Waals surface area contributed by atoms with Crippen molar-refractivity contribution in [2.75, 3.05) is 25.5 Å². The molecular formula is C19H29NO7S. The lowest BCUT2D eigenvalue weighted by atomic mass is 9.88. The van der Waals surface area contributed by atoms with Crippen LogP contribution in [0.5, 0.6) is 0 Å². The lowest BCUT2D eigenvalue weighted by Crippen LogP contribution is -2.41. The van der Waals surface area contributed by atoms with Crippen LogP contribution in [-0.4, -0.2) is 57.0 Å². The zero-order valence-electron chi connectivity index (χ0n) is 16.5. The normalized spacial score (nSPS) is 13.0. The fourth-order valence-electron chi connectivity index (χ4n) is 2.20. The van der Waals surface area contributed by atoms with Gasteiger partial charge in [-0.3, -0.25) is 8.98 Å². The monoisotopic (exact) mass is 415 g/mol. The number of nitrogens with one attached hydrogen (secondary N) is 1. The number of aliphatic hydroxyl groups excluding tert-OH is 1. The fourth-order valence-corrected chi connectivity index (χ4v) is 3.30. The summed E-state index contributed by atoms with van der Waals surface area (Å²) in [6, 6.07) is 9.44. The van der Waals surface area contributed by atoms with Gasteiger partial charge >= 0.3 is 5.97 Å². The predicted octanol–water partition coefficient (Wildman–Crippen LogP) is 1.03. The maximum atomic E-state index is 12.1. The average Bonchev–Trinajstić information content (AvgIpc) is 2.64. The van der Waals surface area contributed by atoms with Gasteiger partial charge in [0, 0.05) is 25.3 Å². The van der Waals surface area contributed by atoms with E-state index in [1.165, 1.54) is 20.8 Å². The van der Waals surface area contributed by atoms with E-state index < -0.39 is 27.6 Å². The van der Waals surface area contributed by atoms with Crippen LogP contribution in [0.1, 0.15) is 32.8 Å². The topological polar surface area (TPSA) is 119 Å². The maximum absolute atomic E-state index is 12.1. The molecule has 0 aliphatic carbocycles. The SMILES string of the molecule is CC(=O)NCCCS(=O)(=O)OCC(C)(C)[C@@H](O)C(=O)OCCc1ccccc1. The second-order valence-electron chi connectivity index (χ2n) is 7.15. The zero-order valence-corrected chi connectivity index (χ0v) is 17.3. The first-order valence-corrected chi connectivity index (χ1v) is 10.6. The van der Waals surface area contributed by atoms with Crippen molar-refractivity contribution in [1.82, 2.24) is 5.32 Å². The van der Waals surface area contributed by atoms with Gasteiger partial charge in [0.25, 0.3) is 10.1 Å². The molecule has 0 bridgehead atoms. The second-order valence-corrected chi connectivity index (χ2v) is 8.91. The van der Waals surface area contributed by atoms with Gasteiger partial charge in [0.2, 0.25) is 5.91 Å². The summed E-state index contributed by atoms with van der Waals surface area (Å²) in [7, 11) is -3.84. The molecule has 1 amide bonds. The molecule has 0 fully saturated rings. The van der Waals surface area contributed by atoms with Crippen molar-refractivity contribution in [1.29, 1.82) is 0 Å². The Morgan fingerprint density at radius 1 is 1.21 bits per heavy atom. The summed E-state index contributed by atoms with van der Waals surface area (Å²) in [5.74, 6) is -1.35. The Bertz CT molecular complexity index is 732. The van der Waals surface area contributed by atoms with E-state index in [-0.39, 0.29) is 37.8 Å². The Hall–Kier alpha value is -1.97. The van der Waals surface area contributed by atoms with Crippen LogP contribution in [0.2, 0.25) is 0 Å². The van der Waals surface area contributed by atoms with Crippen LogP contribution in [0.15, 0.2) is 30.3 Å². The summed E-state index contributed by atoms with van der Waals surface area (Å²) < 4.78 is 33.9.